The molecular weight excluding hydrogens is 333 g/mol. The highest BCUT2D eigenvalue weighted by atomic mass is 79.9. The molecular formula is C17H15BrFNO. The number of carbonyl (C=O) groups excluding carboxylic acids is 1. The van der Waals surface area contributed by atoms with Gasteiger partial charge in [0.15, 0.2) is 0 Å². The van der Waals surface area contributed by atoms with E-state index in [2.05, 4.69) is 27.3 Å². The summed E-state index contributed by atoms with van der Waals surface area (Å²) in [4.78, 5) is 12.6. The fraction of sp³-hybridized carbons (Fsp3) is 0.235. The number of fused-ring (bicyclic) bond motifs is 1. The Balaban J connectivity index is 1.83. The van der Waals surface area contributed by atoms with Gasteiger partial charge in [0.25, 0.3) is 0 Å². The van der Waals surface area contributed by atoms with Gasteiger partial charge in [-0.05, 0) is 28.8 Å². The topological polar surface area (TPSA) is 29.1 Å². The lowest BCUT2D eigenvalue weighted by atomic mass is 9.85. The molecule has 0 aromatic heterocycles. The van der Waals surface area contributed by atoms with Gasteiger partial charge in [0.2, 0.25) is 0 Å². The van der Waals surface area contributed by atoms with Gasteiger partial charge in [-0.2, -0.15) is 0 Å². The predicted octanol–water partition coefficient (Wildman–Crippen LogP) is 3.59. The van der Waals surface area contributed by atoms with Gasteiger partial charge in [-0.25, -0.2) is 4.39 Å². The second-order valence-electron chi connectivity index (χ2n) is 5.26. The van der Waals surface area contributed by atoms with Crippen LogP contribution in [0.2, 0.25) is 0 Å². The molecule has 4 heteroatoms. The molecule has 1 aliphatic rings. The SMILES string of the molecule is O=C(Cc1ccc(F)cc1Br)C1CNCc2ccccc21. The largest absolute Gasteiger partial charge is 0.312 e. The van der Waals surface area contributed by atoms with E-state index in [4.69, 9.17) is 0 Å². The zero-order valence-electron chi connectivity index (χ0n) is 11.4. The van der Waals surface area contributed by atoms with Crippen molar-refractivity contribution in [1.82, 2.24) is 5.32 Å². The predicted molar refractivity (Wildman–Crippen MR) is 83.7 cm³/mol. The van der Waals surface area contributed by atoms with E-state index in [0.29, 0.717) is 17.4 Å². The van der Waals surface area contributed by atoms with Crippen LogP contribution in [0.15, 0.2) is 46.9 Å². The molecule has 2 aromatic carbocycles. The van der Waals surface area contributed by atoms with Crippen LogP contribution in [0.1, 0.15) is 22.6 Å². The van der Waals surface area contributed by atoms with E-state index in [0.717, 1.165) is 17.7 Å². The zero-order chi connectivity index (χ0) is 14.8. The average molecular weight is 348 g/mol. The Bertz CT molecular complexity index is 686. The number of hydrogen-bond acceptors (Lipinski definition) is 2. The van der Waals surface area contributed by atoms with Crippen molar-refractivity contribution in [3.05, 3.63) is 69.4 Å². The lowest BCUT2D eigenvalue weighted by Crippen LogP contribution is -2.33. The van der Waals surface area contributed by atoms with Crippen LogP contribution < -0.4 is 5.32 Å². The first-order chi connectivity index (χ1) is 10.1. The molecule has 0 saturated heterocycles. The van der Waals surface area contributed by atoms with Gasteiger partial charge in [-0.15, -0.1) is 0 Å². The molecule has 0 saturated carbocycles. The normalized spacial score (nSPS) is 17.3. The molecule has 3 rings (SSSR count). The maximum absolute atomic E-state index is 13.1. The third kappa shape index (κ3) is 3.06. The summed E-state index contributed by atoms with van der Waals surface area (Å²) in [5.74, 6) is -0.281. The Kier molecular flexibility index (Phi) is 4.17. The molecule has 0 radical (unpaired) electrons. The van der Waals surface area contributed by atoms with Crippen molar-refractivity contribution in [1.29, 1.82) is 0 Å². The molecule has 0 bridgehead atoms. The van der Waals surface area contributed by atoms with Gasteiger partial charge in [-0.1, -0.05) is 46.3 Å². The highest BCUT2D eigenvalue weighted by Gasteiger charge is 2.26. The van der Waals surface area contributed by atoms with Crippen LogP contribution in [0.5, 0.6) is 0 Å². The van der Waals surface area contributed by atoms with E-state index >= 15 is 0 Å². The zero-order valence-corrected chi connectivity index (χ0v) is 13.0. The van der Waals surface area contributed by atoms with E-state index < -0.39 is 0 Å². The third-order valence-corrected chi connectivity index (χ3v) is 4.60. The first-order valence-corrected chi connectivity index (χ1v) is 7.69. The number of ketones is 1. The third-order valence-electron chi connectivity index (χ3n) is 3.86. The van der Waals surface area contributed by atoms with Crippen molar-refractivity contribution in [2.45, 2.75) is 18.9 Å². The average Bonchev–Trinajstić information content (AvgIpc) is 2.49. The Hall–Kier alpha value is -1.52. The lowest BCUT2D eigenvalue weighted by molar-refractivity contribution is -0.119. The maximum atomic E-state index is 13.1. The quantitative estimate of drug-likeness (QED) is 0.919. The number of carbonyl (C=O) groups is 1. The van der Waals surface area contributed by atoms with Crippen LogP contribution >= 0.6 is 15.9 Å². The summed E-state index contributed by atoms with van der Waals surface area (Å²) in [5.41, 5.74) is 3.12. The number of nitrogens with one attached hydrogen (secondary N) is 1. The molecule has 0 amide bonds. The Labute approximate surface area is 131 Å². The van der Waals surface area contributed by atoms with E-state index in [1.54, 1.807) is 6.07 Å². The number of hydrogen-bond donors (Lipinski definition) is 1. The first kappa shape index (κ1) is 14.4. The molecule has 1 unspecified atom stereocenters. The van der Waals surface area contributed by atoms with Gasteiger partial charge in [0.05, 0.1) is 5.92 Å². The molecule has 1 aliphatic heterocycles. The van der Waals surface area contributed by atoms with Crippen LogP contribution in [0.25, 0.3) is 0 Å². The molecule has 0 spiro atoms. The van der Waals surface area contributed by atoms with E-state index in [9.17, 15) is 9.18 Å². The minimum absolute atomic E-state index is 0.132. The highest BCUT2D eigenvalue weighted by molar-refractivity contribution is 9.10. The van der Waals surface area contributed by atoms with E-state index in [1.807, 2.05) is 18.2 Å². The van der Waals surface area contributed by atoms with Crippen molar-refractivity contribution in [2.75, 3.05) is 6.54 Å². The molecule has 2 nitrogen and oxygen atoms in total. The van der Waals surface area contributed by atoms with Crippen LogP contribution in [0.3, 0.4) is 0 Å². The maximum Gasteiger partial charge on any atom is 0.146 e. The number of halogens is 2. The molecule has 108 valence electrons. The Morgan fingerprint density at radius 2 is 2.10 bits per heavy atom. The summed E-state index contributed by atoms with van der Waals surface area (Å²) in [5, 5.41) is 3.29. The first-order valence-electron chi connectivity index (χ1n) is 6.90. The van der Waals surface area contributed by atoms with Crippen LogP contribution in [0.4, 0.5) is 4.39 Å². The lowest BCUT2D eigenvalue weighted by Gasteiger charge is -2.25. The summed E-state index contributed by atoms with van der Waals surface area (Å²) in [6.07, 6.45) is 0.307. The minimum atomic E-state index is -0.303. The molecule has 21 heavy (non-hydrogen) atoms. The van der Waals surface area contributed by atoms with Crippen LogP contribution in [0, 0.1) is 5.82 Å². The molecule has 2 aromatic rings. The van der Waals surface area contributed by atoms with Gasteiger partial charge >= 0.3 is 0 Å². The van der Waals surface area contributed by atoms with E-state index in [-0.39, 0.29) is 17.5 Å². The molecule has 1 N–H and O–H groups in total. The van der Waals surface area contributed by atoms with Crippen LogP contribution in [-0.4, -0.2) is 12.3 Å². The summed E-state index contributed by atoms with van der Waals surface area (Å²) < 4.78 is 13.8. The van der Waals surface area contributed by atoms with Gasteiger partial charge < -0.3 is 5.32 Å². The van der Waals surface area contributed by atoms with Gasteiger partial charge in [0, 0.05) is 24.0 Å². The van der Waals surface area contributed by atoms with Crippen LogP contribution in [-0.2, 0) is 17.8 Å². The summed E-state index contributed by atoms with van der Waals surface area (Å²) in [6.45, 7) is 1.47. The minimum Gasteiger partial charge on any atom is -0.312 e. The second kappa shape index (κ2) is 6.08. The molecule has 1 atom stereocenters. The Morgan fingerprint density at radius 3 is 2.90 bits per heavy atom. The van der Waals surface area contributed by atoms with Gasteiger partial charge in [0.1, 0.15) is 11.6 Å². The Morgan fingerprint density at radius 1 is 1.29 bits per heavy atom. The fourth-order valence-corrected chi connectivity index (χ4v) is 3.25. The van der Waals surface area contributed by atoms with Crippen molar-refractivity contribution >= 4 is 21.7 Å². The number of Topliss-reactive ketones (excluding diaryl/α,β-unsaturated/α-hetero) is 1. The monoisotopic (exact) mass is 347 g/mol. The van der Waals surface area contributed by atoms with Crippen molar-refractivity contribution in [3.8, 4) is 0 Å². The summed E-state index contributed by atoms with van der Waals surface area (Å²) in [6, 6.07) is 12.5. The fourth-order valence-electron chi connectivity index (χ4n) is 2.76. The van der Waals surface area contributed by atoms with Crippen molar-refractivity contribution in [2.24, 2.45) is 0 Å². The summed E-state index contributed by atoms with van der Waals surface area (Å²) in [7, 11) is 0. The smallest absolute Gasteiger partial charge is 0.146 e. The molecule has 0 aliphatic carbocycles. The number of rotatable bonds is 3. The second-order valence-corrected chi connectivity index (χ2v) is 6.12. The highest BCUT2D eigenvalue weighted by Crippen LogP contribution is 2.27. The standard InChI is InChI=1S/C17H15BrFNO/c18-16-8-13(19)6-5-11(16)7-17(21)15-10-20-9-12-3-1-2-4-14(12)15/h1-6,8,15,20H,7,9-10H2. The number of benzene rings is 2. The van der Waals surface area contributed by atoms with E-state index in [1.165, 1.54) is 17.7 Å². The molecule has 0 fully saturated rings. The van der Waals surface area contributed by atoms with Crippen molar-refractivity contribution < 1.29 is 9.18 Å². The van der Waals surface area contributed by atoms with Crippen molar-refractivity contribution in [3.63, 3.8) is 0 Å². The van der Waals surface area contributed by atoms with Gasteiger partial charge in [-0.3, -0.25) is 4.79 Å². The molecule has 1 heterocycles. The summed E-state index contributed by atoms with van der Waals surface area (Å²) >= 11 is 3.32.